The highest BCUT2D eigenvalue weighted by Gasteiger charge is 2.30. The maximum Gasteiger partial charge on any atom is 0.317 e. The van der Waals surface area contributed by atoms with Crippen molar-refractivity contribution >= 4 is 17.9 Å². The molecule has 7 heteroatoms. The summed E-state index contributed by atoms with van der Waals surface area (Å²) in [5.74, 6) is -1.21. The summed E-state index contributed by atoms with van der Waals surface area (Å²) in [5.41, 5.74) is 0. The van der Waals surface area contributed by atoms with Crippen LogP contribution in [0.15, 0.2) is 0 Å². The summed E-state index contributed by atoms with van der Waals surface area (Å²) >= 11 is 0. The average Bonchev–Trinajstić information content (AvgIpc) is 2.94. The van der Waals surface area contributed by atoms with E-state index in [1.807, 2.05) is 13.8 Å². The molecule has 0 aromatic carbocycles. The molecule has 120 valence electrons. The van der Waals surface area contributed by atoms with Crippen LogP contribution in [0, 0.1) is 5.92 Å². The van der Waals surface area contributed by atoms with E-state index in [0.717, 1.165) is 0 Å². The fourth-order valence-electron chi connectivity index (χ4n) is 2.43. The Morgan fingerprint density at radius 3 is 2.48 bits per heavy atom. The smallest absolute Gasteiger partial charge is 0.317 e. The lowest BCUT2D eigenvalue weighted by Gasteiger charge is -2.19. The Kier molecular flexibility index (Phi) is 6.98. The Morgan fingerprint density at radius 2 is 1.95 bits per heavy atom. The predicted molar refractivity (Wildman–Crippen MR) is 77.9 cm³/mol. The standard InChI is InChI=1S/C14H25N3O4/c1-3-16(4-2)12(18)6-5-8-15-14(21)17-9-7-11(10-17)13(19)20/h11H,3-10H2,1-2H3,(H,15,21)(H,19,20). The topological polar surface area (TPSA) is 90.0 Å². The Labute approximate surface area is 125 Å². The molecule has 0 aromatic heterocycles. The molecule has 1 aliphatic heterocycles. The second kappa shape index (κ2) is 8.49. The van der Waals surface area contributed by atoms with E-state index in [4.69, 9.17) is 5.11 Å². The lowest BCUT2D eigenvalue weighted by atomic mass is 10.1. The number of urea groups is 1. The van der Waals surface area contributed by atoms with Gasteiger partial charge in [0.2, 0.25) is 5.91 Å². The fraction of sp³-hybridized carbons (Fsp3) is 0.786. The van der Waals surface area contributed by atoms with Crippen molar-refractivity contribution in [2.24, 2.45) is 5.92 Å². The fourth-order valence-corrected chi connectivity index (χ4v) is 2.43. The van der Waals surface area contributed by atoms with E-state index in [2.05, 4.69) is 5.32 Å². The normalized spacial score (nSPS) is 17.6. The van der Waals surface area contributed by atoms with Crippen LogP contribution in [0.25, 0.3) is 0 Å². The molecule has 1 rings (SSSR count). The first-order valence-corrected chi connectivity index (χ1v) is 7.52. The monoisotopic (exact) mass is 299 g/mol. The van der Waals surface area contributed by atoms with E-state index in [0.29, 0.717) is 45.4 Å². The van der Waals surface area contributed by atoms with Crippen molar-refractivity contribution in [3.63, 3.8) is 0 Å². The van der Waals surface area contributed by atoms with Gasteiger partial charge in [-0.3, -0.25) is 9.59 Å². The molecule has 1 aliphatic rings. The van der Waals surface area contributed by atoms with Crippen molar-refractivity contribution in [2.45, 2.75) is 33.1 Å². The molecule has 0 radical (unpaired) electrons. The Bertz CT molecular complexity index is 382. The first kappa shape index (κ1) is 17.3. The number of carboxylic acids is 1. The predicted octanol–water partition coefficient (Wildman–Crippen LogP) is 0.751. The summed E-state index contributed by atoms with van der Waals surface area (Å²) in [6, 6.07) is -0.242. The van der Waals surface area contributed by atoms with E-state index in [1.54, 1.807) is 4.90 Å². The average molecular weight is 299 g/mol. The molecule has 0 bridgehead atoms. The van der Waals surface area contributed by atoms with Gasteiger partial charge in [0.15, 0.2) is 0 Å². The third-order valence-electron chi connectivity index (χ3n) is 3.78. The van der Waals surface area contributed by atoms with Gasteiger partial charge in [-0.25, -0.2) is 4.79 Å². The lowest BCUT2D eigenvalue weighted by molar-refractivity contribution is -0.141. The van der Waals surface area contributed by atoms with Crippen LogP contribution >= 0.6 is 0 Å². The molecular formula is C14H25N3O4. The SMILES string of the molecule is CCN(CC)C(=O)CCCNC(=O)N1CCC(C(=O)O)C1. The largest absolute Gasteiger partial charge is 0.481 e. The minimum atomic E-state index is -0.852. The molecule has 21 heavy (non-hydrogen) atoms. The van der Waals surface area contributed by atoms with Gasteiger partial charge in [-0.1, -0.05) is 0 Å². The van der Waals surface area contributed by atoms with E-state index in [1.165, 1.54) is 4.90 Å². The van der Waals surface area contributed by atoms with E-state index in [-0.39, 0.29) is 18.5 Å². The number of aliphatic carboxylic acids is 1. The molecule has 1 unspecified atom stereocenters. The van der Waals surface area contributed by atoms with Gasteiger partial charge < -0.3 is 20.2 Å². The van der Waals surface area contributed by atoms with Gasteiger partial charge >= 0.3 is 12.0 Å². The molecule has 1 fully saturated rings. The second-order valence-corrected chi connectivity index (χ2v) is 5.17. The van der Waals surface area contributed by atoms with Gasteiger partial charge in [0.05, 0.1) is 5.92 Å². The van der Waals surface area contributed by atoms with Crippen LogP contribution in [0.5, 0.6) is 0 Å². The maximum absolute atomic E-state index is 11.8. The number of nitrogens with zero attached hydrogens (tertiary/aromatic N) is 2. The summed E-state index contributed by atoms with van der Waals surface area (Å²) in [4.78, 5) is 37.7. The first-order valence-electron chi connectivity index (χ1n) is 7.52. The van der Waals surface area contributed by atoms with E-state index >= 15 is 0 Å². The third-order valence-corrected chi connectivity index (χ3v) is 3.78. The Hall–Kier alpha value is -1.79. The zero-order valence-corrected chi connectivity index (χ0v) is 12.8. The number of carbonyl (C=O) groups excluding carboxylic acids is 2. The summed E-state index contributed by atoms with van der Waals surface area (Å²) in [6.07, 6.45) is 1.51. The number of carboxylic acid groups (broad SMARTS) is 1. The van der Waals surface area contributed by atoms with Crippen molar-refractivity contribution < 1.29 is 19.5 Å². The van der Waals surface area contributed by atoms with Crippen molar-refractivity contribution in [2.75, 3.05) is 32.7 Å². The van der Waals surface area contributed by atoms with Gasteiger partial charge in [0.1, 0.15) is 0 Å². The Morgan fingerprint density at radius 1 is 1.29 bits per heavy atom. The lowest BCUT2D eigenvalue weighted by Crippen LogP contribution is -2.39. The quantitative estimate of drug-likeness (QED) is 0.679. The zero-order chi connectivity index (χ0) is 15.8. The van der Waals surface area contributed by atoms with E-state index in [9.17, 15) is 14.4 Å². The molecule has 3 amide bonds. The molecule has 0 aromatic rings. The first-order chi connectivity index (χ1) is 9.99. The Balaban J connectivity index is 2.20. The van der Waals surface area contributed by atoms with Crippen molar-refractivity contribution in [1.82, 2.24) is 15.1 Å². The van der Waals surface area contributed by atoms with Crippen LogP contribution in [0.4, 0.5) is 4.79 Å². The van der Waals surface area contributed by atoms with Crippen LogP contribution in [0.3, 0.4) is 0 Å². The van der Waals surface area contributed by atoms with Gasteiger partial charge in [-0.15, -0.1) is 0 Å². The number of hydrogen-bond donors (Lipinski definition) is 2. The number of nitrogens with one attached hydrogen (secondary N) is 1. The molecule has 1 saturated heterocycles. The molecule has 1 atom stereocenters. The highest BCUT2D eigenvalue weighted by Crippen LogP contribution is 2.16. The van der Waals surface area contributed by atoms with Crippen LogP contribution in [-0.2, 0) is 9.59 Å². The van der Waals surface area contributed by atoms with Gasteiger partial charge in [-0.2, -0.15) is 0 Å². The molecule has 0 saturated carbocycles. The second-order valence-electron chi connectivity index (χ2n) is 5.17. The molecule has 1 heterocycles. The van der Waals surface area contributed by atoms with E-state index < -0.39 is 11.9 Å². The zero-order valence-electron chi connectivity index (χ0n) is 12.8. The molecule has 7 nitrogen and oxygen atoms in total. The van der Waals surface area contributed by atoms with Crippen molar-refractivity contribution in [1.29, 1.82) is 0 Å². The number of hydrogen-bond acceptors (Lipinski definition) is 3. The molecule has 2 N–H and O–H groups in total. The minimum Gasteiger partial charge on any atom is -0.481 e. The van der Waals surface area contributed by atoms with Crippen LogP contribution < -0.4 is 5.32 Å². The highest BCUT2D eigenvalue weighted by molar-refractivity contribution is 5.78. The summed E-state index contributed by atoms with van der Waals surface area (Å²) in [7, 11) is 0. The number of amides is 3. The van der Waals surface area contributed by atoms with Crippen molar-refractivity contribution in [3.8, 4) is 0 Å². The molecule has 0 spiro atoms. The third kappa shape index (κ3) is 5.24. The number of likely N-dealkylation sites (tertiary alicyclic amines) is 1. The number of rotatable bonds is 7. The highest BCUT2D eigenvalue weighted by atomic mass is 16.4. The summed E-state index contributed by atoms with van der Waals surface area (Å²) < 4.78 is 0. The minimum absolute atomic E-state index is 0.0985. The van der Waals surface area contributed by atoms with Gasteiger partial charge in [0.25, 0.3) is 0 Å². The van der Waals surface area contributed by atoms with Gasteiger partial charge in [-0.05, 0) is 26.7 Å². The summed E-state index contributed by atoms with van der Waals surface area (Å²) in [5, 5.41) is 11.6. The van der Waals surface area contributed by atoms with Crippen LogP contribution in [-0.4, -0.2) is 65.5 Å². The van der Waals surface area contributed by atoms with Gasteiger partial charge in [0, 0.05) is 39.1 Å². The number of carbonyl (C=O) groups is 3. The van der Waals surface area contributed by atoms with Crippen molar-refractivity contribution in [3.05, 3.63) is 0 Å². The maximum atomic E-state index is 11.8. The summed E-state index contributed by atoms with van der Waals surface area (Å²) in [6.45, 7) is 6.45. The van der Waals surface area contributed by atoms with Crippen LogP contribution in [0.2, 0.25) is 0 Å². The molecule has 0 aliphatic carbocycles. The molecular weight excluding hydrogens is 274 g/mol. The van der Waals surface area contributed by atoms with Crippen LogP contribution in [0.1, 0.15) is 33.1 Å².